The second-order valence-corrected chi connectivity index (χ2v) is 6.93. The summed E-state index contributed by atoms with van der Waals surface area (Å²) in [5.41, 5.74) is 1.50. The van der Waals surface area contributed by atoms with Crippen LogP contribution in [0.5, 0.6) is 11.5 Å². The number of ether oxygens (including phenoxy) is 2. The topological polar surface area (TPSA) is 67.8 Å². The number of aromatic nitrogens is 1. The zero-order valence-corrected chi connectivity index (χ0v) is 16.6. The predicted molar refractivity (Wildman–Crippen MR) is 103 cm³/mol. The van der Waals surface area contributed by atoms with Crippen molar-refractivity contribution in [1.82, 2.24) is 15.6 Å². The number of nitrogens with zero attached hydrogens (tertiary/aromatic N) is 2. The van der Waals surface area contributed by atoms with Gasteiger partial charge in [-0.05, 0) is 39.0 Å². The molecule has 9 heteroatoms. The number of methoxy groups -OCH3 is 1. The maximum atomic E-state index is 12.6. The average molecular weight is 398 g/mol. The molecule has 2 aromatic rings. The van der Waals surface area contributed by atoms with Crippen LogP contribution < -0.4 is 20.1 Å². The van der Waals surface area contributed by atoms with Crippen LogP contribution in [0.1, 0.15) is 28.1 Å². The average Bonchev–Trinajstić information content (AvgIpc) is 2.95. The Morgan fingerprint density at radius 3 is 2.67 bits per heavy atom. The zero-order valence-electron chi connectivity index (χ0n) is 15.8. The number of benzene rings is 1. The summed E-state index contributed by atoms with van der Waals surface area (Å²) in [6.07, 6.45) is 0. The Bertz CT molecular complexity index is 781. The van der Waals surface area contributed by atoms with Gasteiger partial charge >= 0.3 is 6.61 Å². The number of hydrogen-bond acceptors (Lipinski definition) is 5. The standard InChI is InChI=1S/C18H24F2N4O2S/c1-5-21-18(23-10-16-11(2)24-12(3)27-16)22-9-13-8-14(25-4)6-7-15(13)26-17(19)20/h6-8,17H,5,9-10H2,1-4H3,(H2,21,22,23). The van der Waals surface area contributed by atoms with Crippen molar-refractivity contribution in [3.63, 3.8) is 0 Å². The fourth-order valence-electron chi connectivity index (χ4n) is 2.42. The van der Waals surface area contributed by atoms with Gasteiger partial charge in [-0.3, -0.25) is 0 Å². The fourth-order valence-corrected chi connectivity index (χ4v) is 3.30. The lowest BCUT2D eigenvalue weighted by atomic mass is 10.2. The van der Waals surface area contributed by atoms with Gasteiger partial charge in [0.2, 0.25) is 0 Å². The lowest BCUT2D eigenvalue weighted by Crippen LogP contribution is -2.36. The Labute approximate surface area is 161 Å². The van der Waals surface area contributed by atoms with Crippen LogP contribution in [0.4, 0.5) is 8.78 Å². The van der Waals surface area contributed by atoms with E-state index in [4.69, 9.17) is 4.74 Å². The van der Waals surface area contributed by atoms with Gasteiger partial charge in [0.25, 0.3) is 0 Å². The van der Waals surface area contributed by atoms with Crippen LogP contribution in [-0.4, -0.2) is 31.2 Å². The van der Waals surface area contributed by atoms with E-state index >= 15 is 0 Å². The first-order valence-electron chi connectivity index (χ1n) is 8.49. The molecule has 0 fully saturated rings. The molecule has 1 heterocycles. The normalized spacial score (nSPS) is 11.6. The molecule has 6 nitrogen and oxygen atoms in total. The van der Waals surface area contributed by atoms with E-state index in [-0.39, 0.29) is 12.3 Å². The van der Waals surface area contributed by atoms with Gasteiger partial charge in [0.15, 0.2) is 5.96 Å². The number of alkyl halides is 2. The van der Waals surface area contributed by atoms with Gasteiger partial charge in [-0.1, -0.05) is 0 Å². The highest BCUT2D eigenvalue weighted by Crippen LogP contribution is 2.26. The minimum absolute atomic E-state index is 0.0827. The molecule has 0 aliphatic carbocycles. The first-order valence-corrected chi connectivity index (χ1v) is 9.31. The molecule has 0 radical (unpaired) electrons. The molecular formula is C18H24F2N4O2S. The number of hydrogen-bond donors (Lipinski definition) is 2. The van der Waals surface area contributed by atoms with E-state index in [1.54, 1.807) is 23.5 Å². The first-order chi connectivity index (χ1) is 12.9. The molecule has 0 saturated heterocycles. The molecule has 27 heavy (non-hydrogen) atoms. The van der Waals surface area contributed by atoms with E-state index in [1.165, 1.54) is 13.2 Å². The first kappa shape index (κ1) is 20.9. The summed E-state index contributed by atoms with van der Waals surface area (Å²) >= 11 is 1.63. The third-order valence-electron chi connectivity index (χ3n) is 3.65. The summed E-state index contributed by atoms with van der Waals surface area (Å²) in [4.78, 5) is 10.0. The van der Waals surface area contributed by atoms with Crippen LogP contribution in [0.15, 0.2) is 23.2 Å². The van der Waals surface area contributed by atoms with E-state index in [0.29, 0.717) is 30.4 Å². The monoisotopic (exact) mass is 398 g/mol. The van der Waals surface area contributed by atoms with Crippen molar-refractivity contribution in [3.8, 4) is 11.5 Å². The van der Waals surface area contributed by atoms with Crippen LogP contribution >= 0.6 is 11.3 Å². The summed E-state index contributed by atoms with van der Waals surface area (Å²) in [6, 6.07) is 4.67. The number of aliphatic imine (C=N–C) groups is 1. The molecule has 0 amide bonds. The molecule has 0 spiro atoms. The number of aryl methyl sites for hydroxylation is 2. The van der Waals surface area contributed by atoms with Crippen molar-refractivity contribution < 1.29 is 18.3 Å². The van der Waals surface area contributed by atoms with Crippen molar-refractivity contribution in [2.75, 3.05) is 13.7 Å². The highest BCUT2D eigenvalue weighted by Gasteiger charge is 2.11. The second-order valence-electron chi connectivity index (χ2n) is 5.64. The van der Waals surface area contributed by atoms with Crippen LogP contribution in [0.3, 0.4) is 0 Å². The van der Waals surface area contributed by atoms with Crippen molar-refractivity contribution in [2.24, 2.45) is 4.99 Å². The van der Waals surface area contributed by atoms with Crippen LogP contribution in [0.2, 0.25) is 0 Å². The van der Waals surface area contributed by atoms with Gasteiger partial charge < -0.3 is 20.1 Å². The van der Waals surface area contributed by atoms with Gasteiger partial charge in [-0.15, -0.1) is 11.3 Å². The summed E-state index contributed by atoms with van der Waals surface area (Å²) in [6.45, 7) is 4.41. The SMILES string of the molecule is CCNC(=NCc1cc(OC)ccc1OC(F)F)NCc1sc(C)nc1C. The molecule has 0 aliphatic heterocycles. The zero-order chi connectivity index (χ0) is 19.8. The minimum atomic E-state index is -2.90. The van der Waals surface area contributed by atoms with Crippen LogP contribution in [0, 0.1) is 13.8 Å². The van der Waals surface area contributed by atoms with Crippen molar-refractivity contribution in [2.45, 2.75) is 40.5 Å². The molecule has 1 aromatic carbocycles. The van der Waals surface area contributed by atoms with Gasteiger partial charge in [0, 0.05) is 17.0 Å². The number of halogens is 2. The molecule has 0 bridgehead atoms. The third kappa shape index (κ3) is 6.35. The Hall–Kier alpha value is -2.42. The highest BCUT2D eigenvalue weighted by molar-refractivity contribution is 7.11. The summed E-state index contributed by atoms with van der Waals surface area (Å²) in [5.74, 6) is 1.21. The Kier molecular flexibility index (Phi) is 7.78. The predicted octanol–water partition coefficient (Wildman–Crippen LogP) is 3.63. The van der Waals surface area contributed by atoms with E-state index in [9.17, 15) is 8.78 Å². The lowest BCUT2D eigenvalue weighted by molar-refractivity contribution is -0.0504. The van der Waals surface area contributed by atoms with Crippen molar-refractivity contribution >= 4 is 17.3 Å². The molecule has 0 aliphatic rings. The number of rotatable bonds is 8. The molecule has 1 aromatic heterocycles. The van der Waals surface area contributed by atoms with E-state index in [2.05, 4.69) is 25.3 Å². The molecule has 2 rings (SSSR count). The quantitative estimate of drug-likeness (QED) is 0.525. The maximum Gasteiger partial charge on any atom is 0.387 e. The maximum absolute atomic E-state index is 12.6. The molecule has 2 N–H and O–H groups in total. The highest BCUT2D eigenvalue weighted by atomic mass is 32.1. The van der Waals surface area contributed by atoms with Crippen LogP contribution in [0.25, 0.3) is 0 Å². The molecule has 0 atom stereocenters. The smallest absolute Gasteiger partial charge is 0.387 e. The number of nitrogens with one attached hydrogen (secondary N) is 2. The van der Waals surface area contributed by atoms with Gasteiger partial charge in [-0.2, -0.15) is 8.78 Å². The fraction of sp³-hybridized carbons (Fsp3) is 0.444. The minimum Gasteiger partial charge on any atom is -0.497 e. The van der Waals surface area contributed by atoms with Crippen molar-refractivity contribution in [3.05, 3.63) is 39.3 Å². The Morgan fingerprint density at radius 2 is 2.07 bits per heavy atom. The van der Waals surface area contributed by atoms with Gasteiger partial charge in [0.05, 0.1) is 30.9 Å². The molecular weight excluding hydrogens is 374 g/mol. The van der Waals surface area contributed by atoms with Gasteiger partial charge in [-0.25, -0.2) is 9.98 Å². The van der Waals surface area contributed by atoms with E-state index in [1.807, 2.05) is 20.8 Å². The third-order valence-corrected chi connectivity index (χ3v) is 4.72. The number of guanidine groups is 1. The molecule has 0 saturated carbocycles. The molecule has 148 valence electrons. The van der Waals surface area contributed by atoms with Crippen molar-refractivity contribution in [1.29, 1.82) is 0 Å². The second kappa shape index (κ2) is 10.1. The van der Waals surface area contributed by atoms with Crippen LogP contribution in [-0.2, 0) is 13.1 Å². The lowest BCUT2D eigenvalue weighted by Gasteiger charge is -2.13. The molecule has 0 unspecified atom stereocenters. The van der Waals surface area contributed by atoms with Gasteiger partial charge in [0.1, 0.15) is 11.5 Å². The summed E-state index contributed by atoms with van der Waals surface area (Å²) in [5, 5.41) is 7.39. The van der Waals surface area contributed by atoms with E-state index in [0.717, 1.165) is 15.6 Å². The summed E-state index contributed by atoms with van der Waals surface area (Å²) < 4.78 is 35.0. The Balaban J connectivity index is 2.14. The van der Waals surface area contributed by atoms with E-state index < -0.39 is 6.61 Å². The largest absolute Gasteiger partial charge is 0.497 e. The number of thiazole rings is 1. The Morgan fingerprint density at radius 1 is 1.30 bits per heavy atom. The summed E-state index contributed by atoms with van der Waals surface area (Å²) in [7, 11) is 1.51.